The number of hydrogen-bond donors (Lipinski definition) is 2. The summed E-state index contributed by atoms with van der Waals surface area (Å²) in [7, 11) is -2.10. The Morgan fingerprint density at radius 1 is 1.02 bits per heavy atom. The van der Waals surface area contributed by atoms with Crippen LogP contribution in [-0.4, -0.2) is 70.6 Å². The maximum absolute atomic E-state index is 12.6. The lowest BCUT2D eigenvalue weighted by molar-refractivity contribution is 0.0948. The van der Waals surface area contributed by atoms with Gasteiger partial charge in [-0.05, 0) is 55.5 Å². The Kier molecular flexibility index (Phi) is 9.98. The molecule has 9 nitrogen and oxygen atoms in total. The Hall–Kier alpha value is -3.09. The number of nitrogens with zero attached hydrogens (tertiary/aromatic N) is 3. The zero-order valence-corrected chi connectivity index (χ0v) is 25.8. The van der Waals surface area contributed by atoms with Crippen LogP contribution in [0.4, 0.5) is 10.8 Å². The third-order valence-electron chi connectivity index (χ3n) is 6.75. The molecule has 0 atom stereocenters. The van der Waals surface area contributed by atoms with Gasteiger partial charge in [-0.1, -0.05) is 40.6 Å². The molecular weight excluding hydrogens is 605 g/mol. The minimum absolute atomic E-state index is 0. The van der Waals surface area contributed by atoms with Crippen molar-refractivity contribution in [2.24, 2.45) is 0 Å². The number of nitrogens with one attached hydrogen (secondary N) is 2. The molecular formula is C28H31Cl2N5O4S2. The molecule has 1 fully saturated rings. The Balaban J connectivity index is 0.00000387. The van der Waals surface area contributed by atoms with Crippen molar-refractivity contribution in [3.8, 4) is 5.75 Å². The first-order valence-electron chi connectivity index (χ1n) is 12.8. The van der Waals surface area contributed by atoms with Crippen molar-refractivity contribution in [3.05, 3.63) is 76.8 Å². The van der Waals surface area contributed by atoms with E-state index in [4.69, 9.17) is 21.3 Å². The third kappa shape index (κ3) is 7.22. The lowest BCUT2D eigenvalue weighted by Crippen LogP contribution is -2.48. The number of ether oxygens (including phenoxy) is 1. The summed E-state index contributed by atoms with van der Waals surface area (Å²) in [5, 5.41) is 4.46. The molecule has 1 aliphatic heterocycles. The van der Waals surface area contributed by atoms with E-state index in [2.05, 4.69) is 19.8 Å². The van der Waals surface area contributed by atoms with Gasteiger partial charge in [-0.25, -0.2) is 13.4 Å². The average Bonchev–Trinajstić information content (AvgIpc) is 3.38. The number of amides is 1. The Labute approximate surface area is 254 Å². The van der Waals surface area contributed by atoms with Gasteiger partial charge in [0.15, 0.2) is 10.9 Å². The number of benzene rings is 3. The molecule has 5 rings (SSSR count). The van der Waals surface area contributed by atoms with Crippen LogP contribution in [0.1, 0.15) is 15.9 Å². The molecule has 0 radical (unpaired) electrons. The summed E-state index contributed by atoms with van der Waals surface area (Å²) in [6.07, 6.45) is 0. The van der Waals surface area contributed by atoms with E-state index in [0.717, 1.165) is 53.6 Å². The van der Waals surface area contributed by atoms with E-state index in [9.17, 15) is 13.2 Å². The van der Waals surface area contributed by atoms with Gasteiger partial charge in [0.05, 0.1) is 21.7 Å². The fraction of sp³-hybridized carbons (Fsp3) is 0.286. The second-order valence-corrected chi connectivity index (χ2v) is 12.6. The van der Waals surface area contributed by atoms with Crippen LogP contribution in [0.25, 0.3) is 10.2 Å². The maximum atomic E-state index is 12.6. The first-order chi connectivity index (χ1) is 19.2. The van der Waals surface area contributed by atoms with Crippen LogP contribution >= 0.6 is 35.3 Å². The van der Waals surface area contributed by atoms with Crippen LogP contribution in [0.3, 0.4) is 0 Å². The Morgan fingerprint density at radius 3 is 2.37 bits per heavy atom. The highest BCUT2D eigenvalue weighted by molar-refractivity contribution is 7.92. The molecule has 1 aliphatic rings. The molecule has 13 heteroatoms. The van der Waals surface area contributed by atoms with Gasteiger partial charge >= 0.3 is 0 Å². The molecule has 3 aromatic carbocycles. The van der Waals surface area contributed by atoms with E-state index in [-0.39, 0.29) is 23.2 Å². The molecule has 41 heavy (non-hydrogen) atoms. The largest absolute Gasteiger partial charge is 0.493 e. The van der Waals surface area contributed by atoms with E-state index in [0.29, 0.717) is 28.6 Å². The molecule has 0 spiro atoms. The van der Waals surface area contributed by atoms with Gasteiger partial charge in [0, 0.05) is 50.5 Å². The van der Waals surface area contributed by atoms with Crippen molar-refractivity contribution in [1.29, 1.82) is 0 Å². The van der Waals surface area contributed by atoms with E-state index in [1.54, 1.807) is 67.0 Å². The molecule has 0 unspecified atom stereocenters. The quantitative estimate of drug-likeness (QED) is 0.265. The summed E-state index contributed by atoms with van der Waals surface area (Å²) in [6.45, 7) is 6.54. The molecule has 0 bridgehead atoms. The summed E-state index contributed by atoms with van der Waals surface area (Å²) in [6, 6.07) is 16.8. The van der Waals surface area contributed by atoms with E-state index in [1.165, 1.54) is 0 Å². The lowest BCUT2D eigenvalue weighted by atomic mass is 10.2. The second kappa shape index (κ2) is 13.3. The van der Waals surface area contributed by atoms with Gasteiger partial charge in [0.25, 0.3) is 15.9 Å². The molecule has 0 saturated carbocycles. The first-order valence-corrected chi connectivity index (χ1v) is 15.5. The van der Waals surface area contributed by atoms with Crippen LogP contribution in [-0.2, 0) is 10.0 Å². The Bertz CT molecular complexity index is 1610. The highest BCUT2D eigenvalue weighted by atomic mass is 35.5. The minimum Gasteiger partial charge on any atom is -0.493 e. The number of fused-ring (bicyclic) bond motifs is 1. The molecule has 218 valence electrons. The number of halogens is 2. The summed E-state index contributed by atoms with van der Waals surface area (Å²) in [5.41, 5.74) is 2.63. The minimum atomic E-state index is -3.70. The summed E-state index contributed by atoms with van der Waals surface area (Å²) in [5.74, 6) is 0.405. The van der Waals surface area contributed by atoms with Gasteiger partial charge in [0.2, 0.25) is 0 Å². The number of aromatic nitrogens is 1. The highest BCUT2D eigenvalue weighted by Crippen LogP contribution is 2.38. The lowest BCUT2D eigenvalue weighted by Gasteiger charge is -2.34. The monoisotopic (exact) mass is 635 g/mol. The van der Waals surface area contributed by atoms with Gasteiger partial charge < -0.3 is 15.0 Å². The number of thiazole rings is 1. The second-order valence-electron chi connectivity index (χ2n) is 9.50. The molecule has 0 aliphatic carbocycles. The number of aryl methyl sites for hydroxylation is 1. The standard InChI is InChI=1S/C28H30ClN5O4S2.ClH/c1-19-3-9-22(10-4-19)40(36,37)32-21-7-5-20(6-8-21)27(35)30-13-14-33-15-17-34(18-16-33)28-31-25-24(39-28)12-11-23(29)26(25)38-2;/h3-12,32H,13-18H2,1-2H3,(H,30,35);1H. The van der Waals surface area contributed by atoms with E-state index in [1.807, 2.05) is 19.1 Å². The van der Waals surface area contributed by atoms with Crippen LogP contribution < -0.4 is 19.7 Å². The van der Waals surface area contributed by atoms with Gasteiger partial charge in [-0.3, -0.25) is 14.4 Å². The molecule has 4 aromatic rings. The molecule has 2 heterocycles. The van der Waals surface area contributed by atoms with Crippen molar-refractivity contribution in [2.45, 2.75) is 11.8 Å². The first kappa shape index (κ1) is 30.9. The van der Waals surface area contributed by atoms with Crippen molar-refractivity contribution in [2.75, 3.05) is 56.0 Å². The van der Waals surface area contributed by atoms with Gasteiger partial charge in [0.1, 0.15) is 5.52 Å². The fourth-order valence-corrected chi connectivity index (χ4v) is 6.78. The molecule has 1 aromatic heterocycles. The van der Waals surface area contributed by atoms with Crippen LogP contribution in [0.2, 0.25) is 5.02 Å². The number of rotatable bonds is 9. The van der Waals surface area contributed by atoms with Crippen molar-refractivity contribution >= 4 is 72.3 Å². The SMILES string of the molecule is COc1c(Cl)ccc2sc(N3CCN(CCNC(=O)c4ccc(NS(=O)(=O)c5ccc(C)cc5)cc4)CC3)nc12.Cl. The molecule has 2 N–H and O–H groups in total. The van der Waals surface area contributed by atoms with E-state index < -0.39 is 10.0 Å². The Morgan fingerprint density at radius 2 is 1.71 bits per heavy atom. The highest BCUT2D eigenvalue weighted by Gasteiger charge is 2.21. The summed E-state index contributed by atoms with van der Waals surface area (Å²) >= 11 is 7.88. The number of methoxy groups -OCH3 is 1. The predicted octanol–water partition coefficient (Wildman–Crippen LogP) is 5.04. The van der Waals surface area contributed by atoms with Crippen molar-refractivity contribution in [3.63, 3.8) is 0 Å². The van der Waals surface area contributed by atoms with Gasteiger partial charge in [-0.15, -0.1) is 12.4 Å². The number of piperazine rings is 1. The molecule has 1 saturated heterocycles. The number of sulfonamides is 1. The average molecular weight is 637 g/mol. The number of anilines is 2. The topological polar surface area (TPSA) is 104 Å². The third-order valence-corrected chi connectivity index (χ3v) is 9.52. The number of hydrogen-bond acceptors (Lipinski definition) is 8. The smallest absolute Gasteiger partial charge is 0.261 e. The zero-order chi connectivity index (χ0) is 28.3. The van der Waals surface area contributed by atoms with Crippen LogP contribution in [0.15, 0.2) is 65.6 Å². The summed E-state index contributed by atoms with van der Waals surface area (Å²) < 4.78 is 34.2. The van der Waals surface area contributed by atoms with Crippen LogP contribution in [0.5, 0.6) is 5.75 Å². The van der Waals surface area contributed by atoms with Crippen molar-refractivity contribution < 1.29 is 17.9 Å². The maximum Gasteiger partial charge on any atom is 0.261 e. The van der Waals surface area contributed by atoms with Crippen LogP contribution in [0, 0.1) is 6.92 Å². The zero-order valence-electron chi connectivity index (χ0n) is 22.6. The molecule has 1 amide bonds. The van der Waals surface area contributed by atoms with Crippen molar-refractivity contribution in [1.82, 2.24) is 15.2 Å². The normalized spacial score (nSPS) is 14.0. The predicted molar refractivity (Wildman–Crippen MR) is 168 cm³/mol. The van der Waals surface area contributed by atoms with E-state index >= 15 is 0 Å². The number of carbonyl (C=O) groups excluding carboxylic acids is 1. The fourth-order valence-electron chi connectivity index (χ4n) is 4.48. The van der Waals surface area contributed by atoms with Gasteiger partial charge in [-0.2, -0.15) is 0 Å². The summed E-state index contributed by atoms with van der Waals surface area (Å²) in [4.78, 5) is 22.2. The number of carbonyl (C=O) groups is 1.